The highest BCUT2D eigenvalue weighted by Gasteiger charge is 2.17. The van der Waals surface area contributed by atoms with E-state index in [1.54, 1.807) is 11.8 Å². The van der Waals surface area contributed by atoms with Crippen LogP contribution < -0.4 is 4.74 Å². The van der Waals surface area contributed by atoms with Crippen LogP contribution >= 0.6 is 23.4 Å². The molecule has 0 atom stereocenters. The lowest BCUT2D eigenvalue weighted by Gasteiger charge is -2.20. The summed E-state index contributed by atoms with van der Waals surface area (Å²) in [7, 11) is 0. The molecule has 0 fully saturated rings. The average molecular weight is 311 g/mol. The van der Waals surface area contributed by atoms with Gasteiger partial charge in [0.05, 0.1) is 9.79 Å². The van der Waals surface area contributed by atoms with E-state index in [1.165, 1.54) is 5.56 Å². The standard InChI is InChI=1S/C18H11ClOS/c19-14-8-5-12(6-9-14)13-7-10-16-18(11-13)21-17-4-2-1-3-15(17)20-16/h1-11H. The first-order chi connectivity index (χ1) is 10.3. The molecule has 1 aliphatic heterocycles. The Labute approximate surface area is 132 Å². The average Bonchev–Trinajstić information content (AvgIpc) is 2.53. The third-order valence-corrected chi connectivity index (χ3v) is 4.76. The van der Waals surface area contributed by atoms with Crippen LogP contribution in [0.4, 0.5) is 0 Å². The van der Waals surface area contributed by atoms with E-state index in [1.807, 2.05) is 48.5 Å². The van der Waals surface area contributed by atoms with Gasteiger partial charge in [0.2, 0.25) is 0 Å². The fourth-order valence-corrected chi connectivity index (χ4v) is 3.47. The molecule has 4 rings (SSSR count). The van der Waals surface area contributed by atoms with E-state index in [4.69, 9.17) is 16.3 Å². The molecule has 1 heterocycles. The van der Waals surface area contributed by atoms with E-state index in [0.29, 0.717) is 0 Å². The Morgan fingerprint density at radius 1 is 0.714 bits per heavy atom. The van der Waals surface area contributed by atoms with E-state index in [0.717, 1.165) is 31.9 Å². The van der Waals surface area contributed by atoms with Gasteiger partial charge in [0.1, 0.15) is 11.5 Å². The maximum Gasteiger partial charge on any atom is 0.141 e. The molecule has 0 unspecified atom stereocenters. The van der Waals surface area contributed by atoms with Crippen LogP contribution in [0.3, 0.4) is 0 Å². The molecule has 21 heavy (non-hydrogen) atoms. The lowest BCUT2D eigenvalue weighted by atomic mass is 10.1. The van der Waals surface area contributed by atoms with Gasteiger partial charge in [-0.25, -0.2) is 0 Å². The first-order valence-electron chi connectivity index (χ1n) is 6.64. The summed E-state index contributed by atoms with van der Waals surface area (Å²) in [6, 6.07) is 22.3. The molecule has 0 N–H and O–H groups in total. The van der Waals surface area contributed by atoms with Crippen LogP contribution in [0, 0.1) is 0 Å². The minimum atomic E-state index is 0.753. The van der Waals surface area contributed by atoms with Crippen molar-refractivity contribution >= 4 is 23.4 Å². The van der Waals surface area contributed by atoms with Gasteiger partial charge in [-0.2, -0.15) is 0 Å². The zero-order valence-electron chi connectivity index (χ0n) is 11.0. The molecule has 0 radical (unpaired) electrons. The Balaban J connectivity index is 1.74. The number of para-hydroxylation sites is 1. The Kier molecular flexibility index (Phi) is 3.13. The zero-order chi connectivity index (χ0) is 14.2. The highest BCUT2D eigenvalue weighted by molar-refractivity contribution is 7.99. The molecule has 3 aromatic carbocycles. The molecule has 0 saturated heterocycles. The number of halogens is 1. The first-order valence-corrected chi connectivity index (χ1v) is 7.84. The predicted molar refractivity (Wildman–Crippen MR) is 87.5 cm³/mol. The summed E-state index contributed by atoms with van der Waals surface area (Å²) in [6.45, 7) is 0. The van der Waals surface area contributed by atoms with Crippen LogP contribution in [-0.4, -0.2) is 0 Å². The number of fused-ring (bicyclic) bond motifs is 2. The molecular weight excluding hydrogens is 300 g/mol. The third-order valence-electron chi connectivity index (χ3n) is 3.41. The normalized spacial score (nSPS) is 12.2. The Morgan fingerprint density at radius 3 is 2.29 bits per heavy atom. The van der Waals surface area contributed by atoms with Crippen molar-refractivity contribution in [3.8, 4) is 22.6 Å². The second kappa shape index (κ2) is 5.14. The molecular formula is C18H11ClOS. The van der Waals surface area contributed by atoms with Gasteiger partial charge < -0.3 is 4.74 Å². The van der Waals surface area contributed by atoms with Crippen molar-refractivity contribution in [3.05, 3.63) is 71.8 Å². The fraction of sp³-hybridized carbons (Fsp3) is 0. The predicted octanol–water partition coefficient (Wildman–Crippen LogP) is 6.26. The van der Waals surface area contributed by atoms with Gasteiger partial charge in [0.25, 0.3) is 0 Å². The van der Waals surface area contributed by atoms with E-state index >= 15 is 0 Å². The van der Waals surface area contributed by atoms with Gasteiger partial charge in [-0.15, -0.1) is 0 Å². The van der Waals surface area contributed by atoms with E-state index in [2.05, 4.69) is 18.2 Å². The van der Waals surface area contributed by atoms with E-state index in [-0.39, 0.29) is 0 Å². The van der Waals surface area contributed by atoms with E-state index in [9.17, 15) is 0 Å². The maximum absolute atomic E-state index is 5.95. The topological polar surface area (TPSA) is 9.23 Å². The first kappa shape index (κ1) is 12.8. The Bertz CT molecular complexity index is 812. The van der Waals surface area contributed by atoms with Gasteiger partial charge in [0, 0.05) is 5.02 Å². The van der Waals surface area contributed by atoms with Crippen molar-refractivity contribution in [1.29, 1.82) is 0 Å². The van der Waals surface area contributed by atoms with Crippen molar-refractivity contribution < 1.29 is 4.74 Å². The van der Waals surface area contributed by atoms with Gasteiger partial charge in [-0.05, 0) is 47.5 Å². The van der Waals surface area contributed by atoms with Gasteiger partial charge >= 0.3 is 0 Å². The minimum absolute atomic E-state index is 0.753. The fourth-order valence-electron chi connectivity index (χ4n) is 2.35. The molecule has 0 aromatic heterocycles. The van der Waals surface area contributed by atoms with Crippen molar-refractivity contribution in [2.24, 2.45) is 0 Å². The smallest absolute Gasteiger partial charge is 0.141 e. The Hall–Kier alpha value is -1.90. The maximum atomic E-state index is 5.95. The van der Waals surface area contributed by atoms with Crippen LogP contribution in [0.5, 0.6) is 11.5 Å². The summed E-state index contributed by atoms with van der Waals surface area (Å²) in [4.78, 5) is 2.29. The summed E-state index contributed by atoms with van der Waals surface area (Å²) < 4.78 is 5.95. The zero-order valence-corrected chi connectivity index (χ0v) is 12.6. The monoisotopic (exact) mass is 310 g/mol. The van der Waals surface area contributed by atoms with Crippen LogP contribution in [0.25, 0.3) is 11.1 Å². The molecule has 1 nitrogen and oxygen atoms in total. The van der Waals surface area contributed by atoms with Crippen LogP contribution in [0.15, 0.2) is 76.5 Å². The highest BCUT2D eigenvalue weighted by atomic mass is 35.5. The molecule has 3 aromatic rings. The second-order valence-electron chi connectivity index (χ2n) is 4.82. The van der Waals surface area contributed by atoms with Crippen molar-refractivity contribution in [1.82, 2.24) is 0 Å². The minimum Gasteiger partial charge on any atom is -0.455 e. The molecule has 0 aliphatic carbocycles. The summed E-state index contributed by atoms with van der Waals surface area (Å²) in [5.41, 5.74) is 2.32. The number of ether oxygens (including phenoxy) is 1. The third kappa shape index (κ3) is 2.41. The summed E-state index contributed by atoms with van der Waals surface area (Å²) in [5.74, 6) is 1.84. The molecule has 102 valence electrons. The number of hydrogen-bond acceptors (Lipinski definition) is 2. The van der Waals surface area contributed by atoms with Crippen LogP contribution in [0.1, 0.15) is 0 Å². The second-order valence-corrected chi connectivity index (χ2v) is 6.34. The molecule has 0 amide bonds. The van der Waals surface area contributed by atoms with Crippen molar-refractivity contribution in [2.75, 3.05) is 0 Å². The van der Waals surface area contributed by atoms with Gasteiger partial charge in [-0.3, -0.25) is 0 Å². The largest absolute Gasteiger partial charge is 0.455 e. The van der Waals surface area contributed by atoms with E-state index < -0.39 is 0 Å². The number of rotatable bonds is 1. The highest BCUT2D eigenvalue weighted by Crippen LogP contribution is 2.47. The summed E-state index contributed by atoms with van der Waals surface area (Å²) >= 11 is 7.69. The molecule has 3 heteroatoms. The Morgan fingerprint density at radius 2 is 1.43 bits per heavy atom. The SMILES string of the molecule is Clc1ccc(-c2ccc3c(c2)Sc2ccccc2O3)cc1. The van der Waals surface area contributed by atoms with Gasteiger partial charge in [0.15, 0.2) is 0 Å². The number of benzene rings is 3. The van der Waals surface area contributed by atoms with Crippen LogP contribution in [0.2, 0.25) is 5.02 Å². The summed E-state index contributed by atoms with van der Waals surface area (Å²) in [5, 5.41) is 0.753. The summed E-state index contributed by atoms with van der Waals surface area (Å²) in [6.07, 6.45) is 0. The van der Waals surface area contributed by atoms with Crippen LogP contribution in [-0.2, 0) is 0 Å². The quantitative estimate of drug-likeness (QED) is 0.410. The lowest BCUT2D eigenvalue weighted by molar-refractivity contribution is 0.454. The van der Waals surface area contributed by atoms with Crippen molar-refractivity contribution in [2.45, 2.75) is 9.79 Å². The van der Waals surface area contributed by atoms with Crippen molar-refractivity contribution in [3.63, 3.8) is 0 Å². The molecule has 0 spiro atoms. The molecule has 1 aliphatic rings. The number of hydrogen-bond donors (Lipinski definition) is 0. The molecule has 0 bridgehead atoms. The van der Waals surface area contributed by atoms with Gasteiger partial charge in [-0.1, -0.05) is 53.7 Å². The molecule has 0 saturated carbocycles. The lowest BCUT2D eigenvalue weighted by Crippen LogP contribution is -1.94.